The molecule has 0 saturated carbocycles. The zero-order valence-corrected chi connectivity index (χ0v) is 16.4. The average molecular weight is 368 g/mol. The van der Waals surface area contributed by atoms with E-state index in [4.69, 9.17) is 4.74 Å². The minimum Gasteiger partial charge on any atom is -0.369 e. The summed E-state index contributed by atoms with van der Waals surface area (Å²) in [6.07, 6.45) is -0.148. The molecule has 0 spiro atoms. The number of hydrogen-bond donors (Lipinski definition) is 0. The Morgan fingerprint density at radius 3 is 2.52 bits per heavy atom. The molecule has 0 aliphatic carbocycles. The van der Waals surface area contributed by atoms with Gasteiger partial charge in [-0.2, -0.15) is 0 Å². The predicted molar refractivity (Wildman–Crippen MR) is 99.0 cm³/mol. The molecule has 1 heterocycles. The summed E-state index contributed by atoms with van der Waals surface area (Å²) in [6, 6.07) is 9.81. The van der Waals surface area contributed by atoms with Crippen molar-refractivity contribution in [3.8, 4) is 0 Å². The van der Waals surface area contributed by atoms with Gasteiger partial charge in [-0.3, -0.25) is 4.79 Å². The van der Waals surface area contributed by atoms with E-state index in [9.17, 15) is 13.2 Å². The minimum absolute atomic E-state index is 0.0278. The van der Waals surface area contributed by atoms with Crippen LogP contribution in [0, 0.1) is 5.92 Å². The van der Waals surface area contributed by atoms with Gasteiger partial charge < -0.3 is 9.64 Å². The van der Waals surface area contributed by atoms with Crippen LogP contribution >= 0.6 is 0 Å². The normalized spacial score (nSPS) is 20.7. The van der Waals surface area contributed by atoms with E-state index < -0.39 is 15.4 Å². The largest absolute Gasteiger partial charge is 0.369 e. The lowest BCUT2D eigenvalue weighted by molar-refractivity contribution is -0.154. The van der Waals surface area contributed by atoms with Crippen LogP contribution in [0.5, 0.6) is 0 Å². The van der Waals surface area contributed by atoms with Crippen LogP contribution in [-0.2, 0) is 19.4 Å². The number of carbonyl (C=O) groups is 1. The molecule has 0 N–H and O–H groups in total. The molecule has 1 aliphatic heterocycles. The molecule has 1 saturated heterocycles. The van der Waals surface area contributed by atoms with Crippen LogP contribution < -0.4 is 0 Å². The maximum Gasteiger partial charge on any atom is 0.224 e. The standard InChI is InChI=1S/C19H29NO4S/c1-15(2)13-25(22,23)11-10-18(21)20-12-17(24-14-19(20,3)4)16-8-6-5-7-9-16/h5-9,15,17H,10-14H2,1-4H3. The third-order valence-electron chi connectivity index (χ3n) is 4.40. The first-order valence-corrected chi connectivity index (χ1v) is 10.6. The summed E-state index contributed by atoms with van der Waals surface area (Å²) in [4.78, 5) is 14.5. The smallest absolute Gasteiger partial charge is 0.224 e. The molecule has 1 atom stereocenters. The second kappa shape index (κ2) is 7.87. The second-order valence-electron chi connectivity index (χ2n) is 7.79. The monoisotopic (exact) mass is 367 g/mol. The van der Waals surface area contributed by atoms with Crippen molar-refractivity contribution in [2.24, 2.45) is 5.92 Å². The van der Waals surface area contributed by atoms with Gasteiger partial charge in [0.15, 0.2) is 9.84 Å². The zero-order chi connectivity index (χ0) is 18.7. The van der Waals surface area contributed by atoms with Crippen LogP contribution in [0.4, 0.5) is 0 Å². The number of benzene rings is 1. The number of ether oxygens (including phenoxy) is 1. The van der Waals surface area contributed by atoms with E-state index in [-0.39, 0.29) is 35.9 Å². The molecule has 25 heavy (non-hydrogen) atoms. The van der Waals surface area contributed by atoms with E-state index >= 15 is 0 Å². The van der Waals surface area contributed by atoms with E-state index in [0.717, 1.165) is 5.56 Å². The summed E-state index contributed by atoms with van der Waals surface area (Å²) in [6.45, 7) is 8.52. The highest BCUT2D eigenvalue weighted by atomic mass is 32.2. The molecule has 0 bridgehead atoms. The summed E-state index contributed by atoms with van der Waals surface area (Å²) in [5, 5.41) is 0. The molecular weight excluding hydrogens is 338 g/mol. The van der Waals surface area contributed by atoms with Gasteiger partial charge in [0.05, 0.1) is 30.2 Å². The van der Waals surface area contributed by atoms with E-state index in [0.29, 0.717) is 13.2 Å². The molecule has 1 amide bonds. The Hall–Kier alpha value is -1.40. The molecular formula is C19H29NO4S. The number of nitrogens with zero attached hydrogens (tertiary/aromatic N) is 1. The Morgan fingerprint density at radius 1 is 1.28 bits per heavy atom. The van der Waals surface area contributed by atoms with Crippen LogP contribution in [0.1, 0.15) is 45.8 Å². The zero-order valence-electron chi connectivity index (χ0n) is 15.6. The molecule has 6 heteroatoms. The van der Waals surface area contributed by atoms with Crippen LogP contribution in [0.25, 0.3) is 0 Å². The Bertz CT molecular complexity index is 683. The van der Waals surface area contributed by atoms with Crippen molar-refractivity contribution in [1.29, 1.82) is 0 Å². The number of carbonyl (C=O) groups excluding carboxylic acids is 1. The van der Waals surface area contributed by atoms with E-state index in [1.54, 1.807) is 4.90 Å². The SMILES string of the molecule is CC(C)CS(=O)(=O)CCC(=O)N1CC(c2ccccc2)OCC1(C)C. The number of morpholine rings is 1. The van der Waals surface area contributed by atoms with Crippen molar-refractivity contribution in [3.63, 3.8) is 0 Å². The highest BCUT2D eigenvalue weighted by Crippen LogP contribution is 2.30. The molecule has 5 nitrogen and oxygen atoms in total. The molecule has 140 valence electrons. The maximum absolute atomic E-state index is 12.7. The van der Waals surface area contributed by atoms with Crippen molar-refractivity contribution in [1.82, 2.24) is 4.90 Å². The molecule has 0 radical (unpaired) electrons. The first-order chi connectivity index (χ1) is 11.6. The average Bonchev–Trinajstić information content (AvgIpc) is 2.52. The fourth-order valence-electron chi connectivity index (χ4n) is 3.13. The molecule has 1 aromatic carbocycles. The topological polar surface area (TPSA) is 63.7 Å². The van der Waals surface area contributed by atoms with E-state index in [2.05, 4.69) is 0 Å². The third-order valence-corrected chi connectivity index (χ3v) is 6.40. The first kappa shape index (κ1) is 19.9. The maximum atomic E-state index is 12.7. The quantitative estimate of drug-likeness (QED) is 0.776. The lowest BCUT2D eigenvalue weighted by atomic mass is 9.97. The van der Waals surface area contributed by atoms with Crippen molar-refractivity contribution in [2.45, 2.75) is 45.8 Å². The lowest BCUT2D eigenvalue weighted by Crippen LogP contribution is -2.56. The van der Waals surface area contributed by atoms with Gasteiger partial charge in [0, 0.05) is 6.42 Å². The highest BCUT2D eigenvalue weighted by molar-refractivity contribution is 7.91. The molecule has 1 fully saturated rings. The Labute approximate surface area is 151 Å². The summed E-state index contributed by atoms with van der Waals surface area (Å²) >= 11 is 0. The van der Waals surface area contributed by atoms with Crippen molar-refractivity contribution < 1.29 is 17.9 Å². The number of hydrogen-bond acceptors (Lipinski definition) is 4. The van der Waals surface area contributed by atoms with Gasteiger partial charge in [-0.05, 0) is 25.3 Å². The van der Waals surface area contributed by atoms with Crippen molar-refractivity contribution in [3.05, 3.63) is 35.9 Å². The summed E-state index contributed by atoms with van der Waals surface area (Å²) in [5.74, 6) is -0.0173. The van der Waals surface area contributed by atoms with Gasteiger partial charge >= 0.3 is 0 Å². The Morgan fingerprint density at radius 2 is 1.92 bits per heavy atom. The molecule has 1 aromatic rings. The summed E-state index contributed by atoms with van der Waals surface area (Å²) < 4.78 is 30.1. The Balaban J connectivity index is 2.05. The minimum atomic E-state index is -3.20. The van der Waals surface area contributed by atoms with Crippen LogP contribution in [0.15, 0.2) is 30.3 Å². The summed E-state index contributed by atoms with van der Waals surface area (Å²) in [5.41, 5.74) is 0.590. The van der Waals surface area contributed by atoms with Gasteiger partial charge in [0.2, 0.25) is 5.91 Å². The number of rotatable bonds is 6. The molecule has 1 aliphatic rings. The number of sulfone groups is 1. The Kier molecular flexibility index (Phi) is 6.27. The molecule has 2 rings (SSSR count). The highest BCUT2D eigenvalue weighted by Gasteiger charge is 2.38. The van der Waals surface area contributed by atoms with Crippen molar-refractivity contribution >= 4 is 15.7 Å². The van der Waals surface area contributed by atoms with Gasteiger partial charge in [0.25, 0.3) is 0 Å². The lowest BCUT2D eigenvalue weighted by Gasteiger charge is -2.45. The summed E-state index contributed by atoms with van der Waals surface area (Å²) in [7, 11) is -3.20. The second-order valence-corrected chi connectivity index (χ2v) is 10.0. The molecule has 0 aromatic heterocycles. The number of amides is 1. The van der Waals surface area contributed by atoms with Gasteiger partial charge in [-0.25, -0.2) is 8.42 Å². The van der Waals surface area contributed by atoms with Gasteiger partial charge in [-0.15, -0.1) is 0 Å². The predicted octanol–water partition coefficient (Wildman–Crippen LogP) is 2.83. The fraction of sp³-hybridized carbons (Fsp3) is 0.632. The van der Waals surface area contributed by atoms with E-state index in [1.807, 2.05) is 58.0 Å². The van der Waals surface area contributed by atoms with E-state index in [1.165, 1.54) is 0 Å². The van der Waals surface area contributed by atoms with Crippen LogP contribution in [0.3, 0.4) is 0 Å². The third kappa shape index (κ3) is 5.54. The van der Waals surface area contributed by atoms with Crippen molar-refractivity contribution in [2.75, 3.05) is 24.7 Å². The van der Waals surface area contributed by atoms with Gasteiger partial charge in [0.1, 0.15) is 6.10 Å². The first-order valence-electron chi connectivity index (χ1n) is 8.78. The van der Waals surface area contributed by atoms with Crippen LogP contribution in [-0.4, -0.2) is 49.4 Å². The fourth-order valence-corrected chi connectivity index (χ4v) is 4.79. The van der Waals surface area contributed by atoms with Gasteiger partial charge in [-0.1, -0.05) is 44.2 Å². The van der Waals surface area contributed by atoms with Crippen LogP contribution in [0.2, 0.25) is 0 Å². The molecule has 1 unspecified atom stereocenters.